The lowest BCUT2D eigenvalue weighted by molar-refractivity contribution is -0.146. The number of hydrogen-bond donors (Lipinski definition) is 4. The zero-order valence-electron chi connectivity index (χ0n) is 33.7. The highest BCUT2D eigenvalue weighted by Gasteiger charge is 2.70. The molecule has 1 saturated heterocycles. The number of carbonyl (C=O) groups is 5. The van der Waals surface area contributed by atoms with Gasteiger partial charge in [0.05, 0.1) is 22.1 Å². The Morgan fingerprint density at radius 2 is 1.40 bits per heavy atom. The summed E-state index contributed by atoms with van der Waals surface area (Å²) in [7, 11) is -3.56. The monoisotopic (exact) mass is 790 g/mol. The summed E-state index contributed by atoms with van der Waals surface area (Å²) >= 11 is 0. The Morgan fingerprint density at radius 3 is 1.96 bits per heavy atom. The molecule has 0 bridgehead atoms. The van der Waals surface area contributed by atoms with Crippen molar-refractivity contribution >= 4 is 39.4 Å². The second-order valence-corrected chi connectivity index (χ2v) is 22.7. The summed E-state index contributed by atoms with van der Waals surface area (Å²) in [6.45, 7) is 12.1. The molecule has 312 valence electrons. The number of fused-ring (bicyclic) bond motifs is 1. The first-order valence-corrected chi connectivity index (χ1v) is 22.7. The Kier molecular flexibility index (Phi) is 12.9. The summed E-state index contributed by atoms with van der Waals surface area (Å²) in [5.41, 5.74) is -1.70. The number of ketones is 1. The van der Waals surface area contributed by atoms with E-state index in [-0.39, 0.29) is 36.3 Å². The van der Waals surface area contributed by atoms with Crippen LogP contribution in [0.25, 0.3) is 0 Å². The fourth-order valence-electron chi connectivity index (χ4n) is 9.82. The molecule has 6 rings (SSSR count). The van der Waals surface area contributed by atoms with Crippen LogP contribution in [0.1, 0.15) is 152 Å². The van der Waals surface area contributed by atoms with Gasteiger partial charge in [0.1, 0.15) is 12.1 Å². The van der Waals surface area contributed by atoms with E-state index in [0.717, 1.165) is 83.5 Å². The largest absolute Gasteiger partial charge is 0.349 e. The van der Waals surface area contributed by atoms with Crippen molar-refractivity contribution in [2.45, 2.75) is 180 Å². The summed E-state index contributed by atoms with van der Waals surface area (Å²) in [4.78, 5) is 71.7. The zero-order chi connectivity index (χ0) is 39.3. The predicted octanol–water partition coefficient (Wildman–Crippen LogP) is 5.43. The molecule has 0 aromatic heterocycles. The van der Waals surface area contributed by atoms with Gasteiger partial charge in [-0.3, -0.25) is 19.2 Å². The summed E-state index contributed by atoms with van der Waals surface area (Å²) in [6, 6.07) is -3.31. The molecule has 13 heteroatoms. The van der Waals surface area contributed by atoms with E-state index in [0.29, 0.717) is 44.2 Å². The van der Waals surface area contributed by atoms with Crippen LogP contribution in [-0.4, -0.2) is 90.1 Å². The minimum Gasteiger partial charge on any atom is -0.349 e. The summed E-state index contributed by atoms with van der Waals surface area (Å²) in [5, 5.41) is 11.9. The number of likely N-dealkylation sites (tertiary alicyclic amines) is 1. The molecule has 12 nitrogen and oxygen atoms in total. The fraction of sp³-hybridized carbons (Fsp3) is 0.881. The second kappa shape index (κ2) is 16.3. The van der Waals surface area contributed by atoms with Gasteiger partial charge in [0, 0.05) is 13.1 Å². The molecule has 0 radical (unpaired) electrons. The van der Waals surface area contributed by atoms with Crippen LogP contribution in [0.3, 0.4) is 0 Å². The number of rotatable bonds is 15. The number of nitrogens with zero attached hydrogens (tertiary/aromatic N) is 1. The van der Waals surface area contributed by atoms with Gasteiger partial charge in [0.25, 0.3) is 5.91 Å². The molecule has 0 aromatic carbocycles. The smallest absolute Gasteiger partial charge is 0.315 e. The van der Waals surface area contributed by atoms with Gasteiger partial charge >= 0.3 is 6.03 Å². The van der Waals surface area contributed by atoms with Crippen molar-refractivity contribution in [1.29, 1.82) is 0 Å². The lowest BCUT2D eigenvalue weighted by atomic mass is 9.70. The minimum atomic E-state index is -3.56. The number of Topliss-reactive ketones (excluding diaryl/α,β-unsaturated/α-hetero) is 1. The Hall–Kier alpha value is -2.70. The Bertz CT molecular complexity index is 1570. The molecule has 0 unspecified atom stereocenters. The lowest BCUT2D eigenvalue weighted by Gasteiger charge is -2.44. The second-order valence-electron chi connectivity index (χ2n) is 19.9. The van der Waals surface area contributed by atoms with E-state index in [4.69, 9.17) is 0 Å². The highest BCUT2D eigenvalue weighted by molar-refractivity contribution is 7.92. The molecule has 1 heterocycles. The predicted molar refractivity (Wildman–Crippen MR) is 214 cm³/mol. The number of piperidine rings is 1. The molecule has 0 aromatic rings. The van der Waals surface area contributed by atoms with Crippen molar-refractivity contribution < 1.29 is 32.4 Å². The summed E-state index contributed by atoms with van der Waals surface area (Å²) in [6.07, 6.45) is 13.3. The molecule has 5 atom stereocenters. The van der Waals surface area contributed by atoms with Crippen LogP contribution < -0.4 is 21.3 Å². The van der Waals surface area contributed by atoms with Crippen molar-refractivity contribution in [1.82, 2.24) is 26.2 Å². The SMILES string of the molecule is C.CC1([C@H](NC(=O)NC2(CS(=O)(=O)C(C)(C)C)CCCCC2)C(=O)N2C[C@H]3[C@@H]([C@H]2C(=O)N[C@@H](CCC2CC2)C(=O)C(=O)NCC2CC2)C3(C)C)CCCCC1. The van der Waals surface area contributed by atoms with Gasteiger partial charge < -0.3 is 26.2 Å². The van der Waals surface area contributed by atoms with Gasteiger partial charge in [-0.25, -0.2) is 13.2 Å². The van der Waals surface area contributed by atoms with E-state index in [1.807, 2.05) is 6.92 Å². The number of sulfone groups is 1. The van der Waals surface area contributed by atoms with Crippen molar-refractivity contribution in [2.24, 2.45) is 34.5 Å². The fourth-order valence-corrected chi connectivity index (χ4v) is 11.3. The molecule has 6 aliphatic rings. The van der Waals surface area contributed by atoms with Crippen LogP contribution in [-0.2, 0) is 29.0 Å². The average Bonchev–Trinajstić information content (AvgIpc) is 4.05. The first kappa shape index (κ1) is 43.4. The molecular weight excluding hydrogens is 719 g/mol. The average molecular weight is 790 g/mol. The Balaban J connectivity index is 0.00000580. The normalized spacial score (nSPS) is 27.7. The van der Waals surface area contributed by atoms with Crippen LogP contribution in [0.2, 0.25) is 0 Å². The molecule has 4 N–H and O–H groups in total. The summed E-state index contributed by atoms with van der Waals surface area (Å²) in [5.74, 6) is -1.34. The topological polar surface area (TPSA) is 171 Å². The van der Waals surface area contributed by atoms with Crippen LogP contribution >= 0.6 is 0 Å². The molecule has 1 aliphatic heterocycles. The maximum atomic E-state index is 15.0. The van der Waals surface area contributed by atoms with Gasteiger partial charge in [-0.05, 0) is 107 Å². The molecule has 5 aliphatic carbocycles. The summed E-state index contributed by atoms with van der Waals surface area (Å²) < 4.78 is 26.0. The van der Waals surface area contributed by atoms with Crippen LogP contribution in [0.4, 0.5) is 4.79 Å². The Morgan fingerprint density at radius 1 is 0.818 bits per heavy atom. The third kappa shape index (κ3) is 9.71. The van der Waals surface area contributed by atoms with Crippen molar-refractivity contribution in [3.05, 3.63) is 0 Å². The minimum absolute atomic E-state index is 0. The lowest BCUT2D eigenvalue weighted by Crippen LogP contribution is -2.65. The van der Waals surface area contributed by atoms with Gasteiger partial charge in [-0.1, -0.05) is 79.6 Å². The van der Waals surface area contributed by atoms with Gasteiger partial charge in [0.15, 0.2) is 9.84 Å². The number of carbonyl (C=O) groups excluding carboxylic acids is 5. The molecule has 6 fully saturated rings. The van der Waals surface area contributed by atoms with Crippen LogP contribution in [0.15, 0.2) is 0 Å². The van der Waals surface area contributed by atoms with Crippen LogP contribution in [0, 0.1) is 34.5 Å². The van der Waals surface area contributed by atoms with E-state index < -0.39 is 67.3 Å². The standard InChI is InChI=1S/C41H67N5O7S.CH4/c1-38(2,3)54(52,53)25-41(21-11-8-12-22-41)45-37(51)44-33(40(6)19-9-7-10-20-40)36(50)46-24-28-30(39(28,4)5)31(46)34(48)43-29(18-17-26-13-14-26)32(47)35(49)42-23-27-15-16-27;/h26-31,33H,7-25H2,1-6H3,(H,42,49)(H,43,48)(H2,44,45,51);1H4/t28-,29-,30-,31-,33+;/m0./s1. The maximum Gasteiger partial charge on any atom is 0.315 e. The van der Waals surface area contributed by atoms with Gasteiger partial charge in [-0.15, -0.1) is 0 Å². The quantitative estimate of drug-likeness (QED) is 0.160. The maximum absolute atomic E-state index is 15.0. The highest BCUT2D eigenvalue weighted by atomic mass is 32.2. The first-order chi connectivity index (χ1) is 25.3. The first-order valence-electron chi connectivity index (χ1n) is 21.0. The number of urea groups is 1. The third-order valence-corrected chi connectivity index (χ3v) is 17.0. The van der Waals surface area contributed by atoms with Gasteiger partial charge in [0.2, 0.25) is 17.6 Å². The van der Waals surface area contributed by atoms with E-state index in [1.165, 1.54) is 0 Å². The van der Waals surface area contributed by atoms with Gasteiger partial charge in [-0.2, -0.15) is 0 Å². The van der Waals surface area contributed by atoms with E-state index in [1.54, 1.807) is 25.7 Å². The molecule has 5 amide bonds. The van der Waals surface area contributed by atoms with Crippen molar-refractivity contribution in [3.63, 3.8) is 0 Å². The highest BCUT2D eigenvalue weighted by Crippen LogP contribution is 2.65. The van der Waals surface area contributed by atoms with E-state index in [9.17, 15) is 32.4 Å². The zero-order valence-corrected chi connectivity index (χ0v) is 34.5. The molecule has 0 spiro atoms. The third-order valence-electron chi connectivity index (χ3n) is 14.2. The molecule has 55 heavy (non-hydrogen) atoms. The number of amides is 5. The molecule has 5 saturated carbocycles. The number of nitrogens with one attached hydrogen (secondary N) is 4. The van der Waals surface area contributed by atoms with Crippen molar-refractivity contribution in [2.75, 3.05) is 18.8 Å². The number of hydrogen-bond acceptors (Lipinski definition) is 7. The van der Waals surface area contributed by atoms with E-state index in [2.05, 4.69) is 35.1 Å². The van der Waals surface area contributed by atoms with Crippen molar-refractivity contribution in [3.8, 4) is 0 Å². The van der Waals surface area contributed by atoms with E-state index >= 15 is 0 Å². The Labute approximate surface area is 330 Å². The molecular formula is C42H71N5O7S. The van der Waals surface area contributed by atoms with Crippen LogP contribution in [0.5, 0.6) is 0 Å².